The van der Waals surface area contributed by atoms with Gasteiger partial charge in [0.2, 0.25) is 0 Å². The molecule has 0 saturated heterocycles. The maximum Gasteiger partial charge on any atom is 0.267 e. The van der Waals surface area contributed by atoms with E-state index in [1.807, 2.05) is 0 Å². The summed E-state index contributed by atoms with van der Waals surface area (Å²) in [6, 6.07) is 11.1. The number of benzene rings is 2. The van der Waals surface area contributed by atoms with Crippen molar-refractivity contribution in [3.63, 3.8) is 0 Å². The minimum Gasteiger partial charge on any atom is -0.496 e. The highest BCUT2D eigenvalue weighted by molar-refractivity contribution is 7.96. The lowest BCUT2D eigenvalue weighted by Crippen LogP contribution is -2.20. The fraction of sp³-hybridized carbons (Fsp3) is 0.100. The Kier molecular flexibility index (Phi) is 7.10. The zero-order valence-electron chi connectivity index (χ0n) is 17.1. The molecule has 10 nitrogen and oxygen atoms in total. The summed E-state index contributed by atoms with van der Waals surface area (Å²) in [5.41, 5.74) is -0.573. The van der Waals surface area contributed by atoms with E-state index >= 15 is 0 Å². The predicted octanol–water partition coefficient (Wildman–Crippen LogP) is 3.86. The van der Waals surface area contributed by atoms with Crippen molar-refractivity contribution >= 4 is 43.0 Å². The normalized spacial score (nSPS) is 14.3. The third-order valence-electron chi connectivity index (χ3n) is 4.41. The Morgan fingerprint density at radius 1 is 0.939 bits per heavy atom. The fourth-order valence-corrected chi connectivity index (χ4v) is 5.34. The lowest BCUT2D eigenvalue weighted by atomic mass is 10.3. The molecular weight excluding hydrogens is 494 g/mol. The summed E-state index contributed by atoms with van der Waals surface area (Å²) in [7, 11) is -7.25. The quantitative estimate of drug-likeness (QED) is 0.404. The van der Waals surface area contributed by atoms with E-state index in [0.29, 0.717) is 5.02 Å². The van der Waals surface area contributed by atoms with Gasteiger partial charge >= 0.3 is 0 Å². The summed E-state index contributed by atoms with van der Waals surface area (Å²) in [6.45, 7) is 0. The van der Waals surface area contributed by atoms with E-state index in [-0.39, 0.29) is 28.5 Å². The van der Waals surface area contributed by atoms with Crippen molar-refractivity contribution in [1.29, 1.82) is 0 Å². The number of halogens is 1. The number of para-hydroxylation sites is 2. The summed E-state index contributed by atoms with van der Waals surface area (Å²) < 4.78 is 61.5. The molecule has 0 aromatic heterocycles. The Morgan fingerprint density at radius 3 is 2.06 bits per heavy atom. The van der Waals surface area contributed by atoms with Crippen LogP contribution in [0.2, 0.25) is 5.02 Å². The second-order valence-electron chi connectivity index (χ2n) is 6.61. The van der Waals surface area contributed by atoms with Gasteiger partial charge in [0.05, 0.1) is 28.3 Å². The van der Waals surface area contributed by atoms with Crippen molar-refractivity contribution in [3.05, 3.63) is 98.3 Å². The van der Waals surface area contributed by atoms with Crippen LogP contribution in [0.3, 0.4) is 0 Å². The van der Waals surface area contributed by atoms with Crippen molar-refractivity contribution in [1.82, 2.24) is 0 Å². The van der Waals surface area contributed by atoms with E-state index in [0.717, 1.165) is 6.08 Å². The van der Waals surface area contributed by atoms with Crippen LogP contribution in [0.15, 0.2) is 88.0 Å². The maximum atomic E-state index is 13.1. The smallest absolute Gasteiger partial charge is 0.267 e. The predicted molar refractivity (Wildman–Crippen MR) is 124 cm³/mol. The van der Waals surface area contributed by atoms with Crippen LogP contribution in [0.1, 0.15) is 6.42 Å². The number of methoxy groups -OCH3 is 1. The molecule has 2 aromatic carbocycles. The molecule has 0 saturated carbocycles. The highest BCUT2D eigenvalue weighted by atomic mass is 35.5. The molecule has 2 aromatic rings. The molecule has 0 fully saturated rings. The number of sulfonamides is 2. The molecule has 0 aliphatic heterocycles. The second kappa shape index (κ2) is 9.65. The van der Waals surface area contributed by atoms with Crippen LogP contribution in [-0.4, -0.2) is 28.9 Å². The molecule has 0 atom stereocenters. The van der Waals surface area contributed by atoms with Gasteiger partial charge in [0.25, 0.3) is 25.7 Å². The molecule has 13 heteroatoms. The highest BCUT2D eigenvalue weighted by Gasteiger charge is 2.28. The number of allylic oxidation sites excluding steroid dienone is 3. The van der Waals surface area contributed by atoms with Crippen molar-refractivity contribution < 1.29 is 26.5 Å². The summed E-state index contributed by atoms with van der Waals surface area (Å²) in [6.07, 6.45) is 3.60. The van der Waals surface area contributed by atoms with E-state index in [9.17, 15) is 26.9 Å². The third-order valence-corrected chi connectivity index (χ3v) is 7.43. The van der Waals surface area contributed by atoms with Crippen LogP contribution < -0.4 is 9.44 Å². The van der Waals surface area contributed by atoms with E-state index in [1.54, 1.807) is 0 Å². The minimum atomic E-state index is -4.42. The molecule has 0 spiro atoms. The van der Waals surface area contributed by atoms with Crippen LogP contribution in [-0.2, 0) is 24.8 Å². The number of ether oxygens (including phenoxy) is 1. The Hall–Kier alpha value is -3.35. The van der Waals surface area contributed by atoms with Crippen molar-refractivity contribution in [2.75, 3.05) is 16.6 Å². The SMILES string of the molecule is COC1=CCC=C([N+](=O)[O-])C=C1S(=O)(=O)Nc1ccccc1NS(=O)(=O)c1ccc(Cl)cc1. The zero-order chi connectivity index (χ0) is 24.2. The number of nitro groups is 1. The monoisotopic (exact) mass is 511 g/mol. The molecule has 0 bridgehead atoms. The lowest BCUT2D eigenvalue weighted by molar-refractivity contribution is -0.419. The molecule has 1 aliphatic carbocycles. The molecule has 3 rings (SSSR count). The van der Waals surface area contributed by atoms with Crippen molar-refractivity contribution in [2.24, 2.45) is 0 Å². The van der Waals surface area contributed by atoms with Gasteiger partial charge in [-0.2, -0.15) is 0 Å². The van der Waals surface area contributed by atoms with Gasteiger partial charge in [-0.05, 0) is 55.0 Å². The van der Waals surface area contributed by atoms with E-state index in [1.165, 1.54) is 67.8 Å². The molecule has 0 radical (unpaired) electrons. The number of nitrogens with zero attached hydrogens (tertiary/aromatic N) is 1. The topological polar surface area (TPSA) is 145 Å². The maximum absolute atomic E-state index is 13.1. The van der Waals surface area contributed by atoms with E-state index < -0.39 is 35.6 Å². The van der Waals surface area contributed by atoms with Gasteiger partial charge in [-0.15, -0.1) is 0 Å². The Bertz CT molecular complexity index is 1380. The molecular formula is C20H18ClN3O7S2. The molecule has 174 valence electrons. The number of hydrogen-bond donors (Lipinski definition) is 2. The zero-order valence-corrected chi connectivity index (χ0v) is 19.4. The van der Waals surface area contributed by atoms with Gasteiger partial charge < -0.3 is 4.74 Å². The van der Waals surface area contributed by atoms with E-state index in [4.69, 9.17) is 16.3 Å². The first kappa shape index (κ1) is 24.3. The first-order valence-corrected chi connectivity index (χ1v) is 12.6. The summed E-state index contributed by atoms with van der Waals surface area (Å²) in [4.78, 5) is 9.96. The number of hydrogen-bond acceptors (Lipinski definition) is 7. The van der Waals surface area contributed by atoms with Crippen LogP contribution in [0, 0.1) is 10.1 Å². The Balaban J connectivity index is 1.98. The summed E-state index contributed by atoms with van der Waals surface area (Å²) in [5.74, 6) is -0.0881. The molecule has 0 heterocycles. The number of anilines is 2. The van der Waals surface area contributed by atoms with Gasteiger partial charge in [0.15, 0.2) is 0 Å². The van der Waals surface area contributed by atoms with Crippen molar-refractivity contribution in [2.45, 2.75) is 11.3 Å². The molecule has 0 unspecified atom stereocenters. The average molecular weight is 512 g/mol. The van der Waals surface area contributed by atoms with E-state index in [2.05, 4.69) is 9.44 Å². The third kappa shape index (κ3) is 5.72. The van der Waals surface area contributed by atoms with Gasteiger partial charge in [0.1, 0.15) is 10.7 Å². The lowest BCUT2D eigenvalue weighted by Gasteiger charge is -2.16. The molecule has 0 amide bonds. The number of nitrogens with one attached hydrogen (secondary N) is 2. The summed E-state index contributed by atoms with van der Waals surface area (Å²) >= 11 is 5.80. The first-order chi connectivity index (χ1) is 15.5. The van der Waals surface area contributed by atoms with Crippen LogP contribution in [0.25, 0.3) is 0 Å². The van der Waals surface area contributed by atoms with Gasteiger partial charge in [-0.3, -0.25) is 19.6 Å². The molecule has 33 heavy (non-hydrogen) atoms. The minimum absolute atomic E-state index is 0.0572. The highest BCUT2D eigenvalue weighted by Crippen LogP contribution is 2.30. The summed E-state index contributed by atoms with van der Waals surface area (Å²) in [5, 5.41) is 11.6. The van der Waals surface area contributed by atoms with Gasteiger partial charge in [0, 0.05) is 11.1 Å². The second-order valence-corrected chi connectivity index (χ2v) is 10.4. The average Bonchev–Trinajstić information content (AvgIpc) is 2.98. The Morgan fingerprint density at radius 2 is 1.52 bits per heavy atom. The van der Waals surface area contributed by atoms with Crippen molar-refractivity contribution in [3.8, 4) is 0 Å². The fourth-order valence-electron chi connectivity index (χ4n) is 2.85. The van der Waals surface area contributed by atoms with Gasteiger partial charge in [-0.25, -0.2) is 16.8 Å². The number of rotatable bonds is 8. The Labute approximate surface area is 195 Å². The van der Waals surface area contributed by atoms with Crippen LogP contribution in [0.4, 0.5) is 11.4 Å². The molecule has 1 aliphatic rings. The van der Waals surface area contributed by atoms with Gasteiger partial charge in [-0.1, -0.05) is 23.7 Å². The van der Waals surface area contributed by atoms with Crippen LogP contribution in [0.5, 0.6) is 0 Å². The standard InChI is InChI=1S/C20H18ClN3O7S2/c1-31-19-8-4-5-15(24(25)26)13-20(19)33(29,30)23-18-7-3-2-6-17(18)22-32(27,28)16-11-9-14(21)10-12-16/h2-3,5-13,22-23H,4H2,1H3. The van der Waals surface area contributed by atoms with Crippen LogP contribution >= 0.6 is 11.6 Å². The first-order valence-electron chi connectivity index (χ1n) is 9.24. The molecule has 2 N–H and O–H groups in total. The largest absolute Gasteiger partial charge is 0.496 e.